The molecule has 4 heteroatoms. The lowest BCUT2D eigenvalue weighted by atomic mass is 10.1. The molecule has 0 spiro atoms. The number of unbranched alkanes of at least 4 members (excludes halogenated alkanes) is 6. The van der Waals surface area contributed by atoms with Gasteiger partial charge in [0.15, 0.2) is 0 Å². The summed E-state index contributed by atoms with van der Waals surface area (Å²) in [7, 11) is -1.59. The largest absolute Gasteiger partial charge is 0.530 e. The van der Waals surface area contributed by atoms with Crippen molar-refractivity contribution < 1.29 is 13.6 Å². The Kier molecular flexibility index (Phi) is 13.0. The van der Waals surface area contributed by atoms with E-state index in [1.165, 1.54) is 44.9 Å². The normalized spacial score (nSPS) is 10.2. The molecular formula is C27H35O3P. The average Bonchev–Trinajstić information content (AvgIpc) is 2.81. The molecule has 0 bridgehead atoms. The molecule has 31 heavy (non-hydrogen) atoms. The van der Waals surface area contributed by atoms with Crippen LogP contribution in [-0.2, 0) is 0 Å². The minimum atomic E-state index is -1.59. The fraction of sp³-hybridized carbons (Fsp3) is 0.333. The van der Waals surface area contributed by atoms with Crippen LogP contribution in [0.15, 0.2) is 91.0 Å². The van der Waals surface area contributed by atoms with Crippen molar-refractivity contribution in [1.29, 1.82) is 0 Å². The van der Waals surface area contributed by atoms with Crippen molar-refractivity contribution in [1.82, 2.24) is 0 Å². The first kappa shape index (κ1) is 24.8. The molecule has 0 saturated carbocycles. The van der Waals surface area contributed by atoms with Gasteiger partial charge in [0.05, 0.1) is 0 Å². The van der Waals surface area contributed by atoms with Gasteiger partial charge >= 0.3 is 8.60 Å². The van der Waals surface area contributed by atoms with Gasteiger partial charge in [0.2, 0.25) is 0 Å². The molecule has 0 atom stereocenters. The van der Waals surface area contributed by atoms with E-state index in [0.717, 1.165) is 0 Å². The fourth-order valence-corrected chi connectivity index (χ4v) is 3.78. The van der Waals surface area contributed by atoms with Crippen molar-refractivity contribution >= 4 is 8.60 Å². The maximum absolute atomic E-state index is 5.84. The summed E-state index contributed by atoms with van der Waals surface area (Å²) in [5.41, 5.74) is 0. The van der Waals surface area contributed by atoms with Crippen LogP contribution in [-0.4, -0.2) is 0 Å². The second-order valence-electron chi connectivity index (χ2n) is 7.20. The van der Waals surface area contributed by atoms with E-state index in [1.807, 2.05) is 91.0 Å². The smallest absolute Gasteiger partial charge is 0.409 e. The molecule has 0 aliphatic carbocycles. The van der Waals surface area contributed by atoms with Gasteiger partial charge in [0, 0.05) is 0 Å². The summed E-state index contributed by atoms with van der Waals surface area (Å²) in [6, 6.07) is 28.5. The maximum atomic E-state index is 5.84. The molecule has 0 radical (unpaired) electrons. The third kappa shape index (κ3) is 11.5. The Labute approximate surface area is 189 Å². The van der Waals surface area contributed by atoms with E-state index in [0.29, 0.717) is 17.2 Å². The minimum absolute atomic E-state index is 0.709. The summed E-state index contributed by atoms with van der Waals surface area (Å²) >= 11 is 0. The van der Waals surface area contributed by atoms with E-state index in [4.69, 9.17) is 13.6 Å². The first-order valence-electron chi connectivity index (χ1n) is 11.3. The van der Waals surface area contributed by atoms with Crippen LogP contribution in [0.2, 0.25) is 0 Å². The van der Waals surface area contributed by atoms with Crippen LogP contribution in [0.25, 0.3) is 0 Å². The molecule has 0 aromatic heterocycles. The predicted molar refractivity (Wildman–Crippen MR) is 132 cm³/mol. The van der Waals surface area contributed by atoms with Gasteiger partial charge in [0.1, 0.15) is 17.2 Å². The molecule has 0 unspecified atom stereocenters. The van der Waals surface area contributed by atoms with Gasteiger partial charge in [-0.05, 0) is 36.4 Å². The molecule has 0 heterocycles. The highest BCUT2D eigenvalue weighted by Crippen LogP contribution is 2.41. The zero-order valence-electron chi connectivity index (χ0n) is 18.8. The molecule has 3 aromatic carbocycles. The van der Waals surface area contributed by atoms with Crippen molar-refractivity contribution in [3.8, 4) is 17.2 Å². The molecule has 166 valence electrons. The third-order valence-electron chi connectivity index (χ3n) is 4.48. The summed E-state index contributed by atoms with van der Waals surface area (Å²) in [5.74, 6) is 2.13. The zero-order valence-corrected chi connectivity index (χ0v) is 19.7. The first-order valence-corrected chi connectivity index (χ1v) is 12.4. The van der Waals surface area contributed by atoms with Crippen molar-refractivity contribution in [2.45, 2.75) is 58.8 Å². The molecule has 3 aromatic rings. The van der Waals surface area contributed by atoms with Crippen LogP contribution in [0.4, 0.5) is 0 Å². The van der Waals surface area contributed by atoms with E-state index >= 15 is 0 Å². The van der Waals surface area contributed by atoms with Crippen LogP contribution >= 0.6 is 8.60 Å². The number of hydrogen-bond acceptors (Lipinski definition) is 3. The summed E-state index contributed by atoms with van der Waals surface area (Å²) < 4.78 is 17.5. The van der Waals surface area contributed by atoms with Crippen molar-refractivity contribution in [3.05, 3.63) is 91.0 Å². The van der Waals surface area contributed by atoms with Crippen LogP contribution in [0.3, 0.4) is 0 Å². The van der Waals surface area contributed by atoms with Crippen molar-refractivity contribution in [2.75, 3.05) is 0 Å². The second kappa shape index (κ2) is 16.2. The zero-order chi connectivity index (χ0) is 22.0. The van der Waals surface area contributed by atoms with E-state index in [1.54, 1.807) is 0 Å². The number of benzene rings is 3. The molecule has 0 aliphatic rings. The Morgan fingerprint density at radius 1 is 0.452 bits per heavy atom. The molecular weight excluding hydrogens is 403 g/mol. The lowest BCUT2D eigenvalue weighted by Crippen LogP contribution is -2.02. The highest BCUT2D eigenvalue weighted by molar-refractivity contribution is 7.43. The van der Waals surface area contributed by atoms with E-state index in [-0.39, 0.29) is 0 Å². The predicted octanol–water partition coefficient (Wildman–Crippen LogP) is 9.21. The van der Waals surface area contributed by atoms with Gasteiger partial charge in [-0.15, -0.1) is 0 Å². The Hall–Kier alpha value is -2.51. The molecule has 3 rings (SSSR count). The second-order valence-corrected chi connectivity index (χ2v) is 8.20. The Bertz CT molecular complexity index is 677. The molecule has 0 amide bonds. The molecule has 0 fully saturated rings. The highest BCUT2D eigenvalue weighted by Gasteiger charge is 2.19. The topological polar surface area (TPSA) is 27.7 Å². The van der Waals surface area contributed by atoms with Crippen LogP contribution in [0.5, 0.6) is 17.2 Å². The summed E-state index contributed by atoms with van der Waals surface area (Å²) in [5, 5.41) is 0. The van der Waals surface area contributed by atoms with Crippen molar-refractivity contribution in [2.24, 2.45) is 0 Å². The van der Waals surface area contributed by atoms with E-state index < -0.39 is 8.60 Å². The van der Waals surface area contributed by atoms with Gasteiger partial charge in [-0.1, -0.05) is 113 Å². The summed E-state index contributed by atoms with van der Waals surface area (Å²) in [6.07, 6.45) is 9.97. The summed E-state index contributed by atoms with van der Waals surface area (Å²) in [4.78, 5) is 0. The van der Waals surface area contributed by atoms with E-state index in [9.17, 15) is 0 Å². The average molecular weight is 439 g/mol. The fourth-order valence-electron chi connectivity index (χ4n) is 2.79. The van der Waals surface area contributed by atoms with Crippen LogP contribution in [0.1, 0.15) is 58.8 Å². The van der Waals surface area contributed by atoms with E-state index in [2.05, 4.69) is 13.8 Å². The molecule has 0 aliphatic heterocycles. The number of hydrogen-bond donors (Lipinski definition) is 0. The Balaban J connectivity index is 0.000000323. The van der Waals surface area contributed by atoms with Gasteiger partial charge in [-0.3, -0.25) is 0 Å². The first-order chi connectivity index (χ1) is 15.3. The van der Waals surface area contributed by atoms with Crippen LogP contribution in [0, 0.1) is 0 Å². The Morgan fingerprint density at radius 2 is 0.742 bits per heavy atom. The van der Waals surface area contributed by atoms with Crippen LogP contribution < -0.4 is 13.6 Å². The maximum Gasteiger partial charge on any atom is 0.530 e. The quantitative estimate of drug-likeness (QED) is 0.208. The summed E-state index contributed by atoms with van der Waals surface area (Å²) in [6.45, 7) is 4.53. The minimum Gasteiger partial charge on any atom is -0.409 e. The Morgan fingerprint density at radius 3 is 1.03 bits per heavy atom. The van der Waals surface area contributed by atoms with Crippen molar-refractivity contribution in [3.63, 3.8) is 0 Å². The van der Waals surface area contributed by atoms with Gasteiger partial charge < -0.3 is 13.6 Å². The van der Waals surface area contributed by atoms with Gasteiger partial charge in [-0.2, -0.15) is 0 Å². The lowest BCUT2D eigenvalue weighted by molar-refractivity contribution is 0.388. The monoisotopic (exact) mass is 438 g/mol. The lowest BCUT2D eigenvalue weighted by Gasteiger charge is -2.17. The molecule has 0 N–H and O–H groups in total. The SMILES string of the molecule is CCCCCCCCC.c1ccc(OP(Oc2ccccc2)Oc2ccccc2)cc1. The van der Waals surface area contributed by atoms with Gasteiger partial charge in [0.25, 0.3) is 0 Å². The highest BCUT2D eigenvalue weighted by atomic mass is 31.2. The molecule has 3 nitrogen and oxygen atoms in total. The van der Waals surface area contributed by atoms with Gasteiger partial charge in [-0.25, -0.2) is 0 Å². The standard InChI is InChI=1S/C18H15O3P.C9H20/c1-4-10-16(11-5-1)19-22(20-17-12-6-2-7-13-17)21-18-14-8-3-9-15-18;1-3-5-7-9-8-6-4-2/h1-15H;3-9H2,1-2H3. The third-order valence-corrected chi connectivity index (χ3v) is 5.56. The number of rotatable bonds is 12. The molecule has 0 saturated heterocycles. The number of para-hydroxylation sites is 3.